The van der Waals surface area contributed by atoms with Crippen LogP contribution in [0.2, 0.25) is 0 Å². The zero-order valence-electron chi connectivity index (χ0n) is 28.1. The average molecular weight is 610 g/mol. The molecule has 0 aromatic heterocycles. The fourth-order valence-corrected chi connectivity index (χ4v) is 4.60. The van der Waals surface area contributed by atoms with Gasteiger partial charge in [-0.2, -0.15) is 0 Å². The van der Waals surface area contributed by atoms with Crippen LogP contribution in [0.4, 0.5) is 19.2 Å². The van der Waals surface area contributed by atoms with Gasteiger partial charge in [0, 0.05) is 17.8 Å². The highest BCUT2D eigenvalue weighted by Gasteiger charge is 2.44. The predicted molar refractivity (Wildman–Crippen MR) is 175 cm³/mol. The lowest BCUT2D eigenvalue weighted by Gasteiger charge is -2.36. The second-order valence-electron chi connectivity index (χ2n) is 10.4. The minimum absolute atomic E-state index is 0.0333. The summed E-state index contributed by atoms with van der Waals surface area (Å²) in [5.41, 5.74) is 3.56. The molecule has 7 amide bonds. The molecule has 0 spiro atoms. The number of ether oxygens (including phenoxy) is 1. The van der Waals surface area contributed by atoms with Crippen LogP contribution in [0.15, 0.2) is 71.9 Å². The maximum Gasteiger partial charge on any atom is 0.419 e. The van der Waals surface area contributed by atoms with Crippen LogP contribution in [0.5, 0.6) is 0 Å². The largest absolute Gasteiger partial charge is 0.443 e. The molecule has 2 aliphatic rings. The van der Waals surface area contributed by atoms with E-state index in [-0.39, 0.29) is 36.3 Å². The first-order valence-corrected chi connectivity index (χ1v) is 15.4. The van der Waals surface area contributed by atoms with Crippen molar-refractivity contribution in [3.63, 3.8) is 0 Å². The molecular weight excluding hydrogens is 558 g/mol. The Morgan fingerprint density at radius 2 is 1.18 bits per heavy atom. The Labute approximate surface area is 263 Å². The lowest BCUT2D eigenvalue weighted by Crippen LogP contribution is -2.54. The Morgan fingerprint density at radius 3 is 1.64 bits per heavy atom. The highest BCUT2D eigenvalue weighted by Crippen LogP contribution is 2.34. The Kier molecular flexibility index (Phi) is 15.7. The lowest BCUT2D eigenvalue weighted by atomic mass is 9.95. The van der Waals surface area contributed by atoms with E-state index in [9.17, 15) is 19.2 Å². The van der Waals surface area contributed by atoms with Gasteiger partial charge in [0.05, 0.1) is 6.04 Å². The van der Waals surface area contributed by atoms with Gasteiger partial charge in [0.1, 0.15) is 12.1 Å². The van der Waals surface area contributed by atoms with Crippen molar-refractivity contribution >= 4 is 24.2 Å². The fraction of sp³-hybridized carbons (Fsp3) is 0.471. The maximum absolute atomic E-state index is 12.4. The van der Waals surface area contributed by atoms with E-state index in [4.69, 9.17) is 4.74 Å². The molecule has 1 fully saturated rings. The summed E-state index contributed by atoms with van der Waals surface area (Å²) < 4.78 is 5.17. The molecule has 3 N–H and O–H groups in total. The molecular formula is C34H51N5O5. The van der Waals surface area contributed by atoms with Crippen LogP contribution in [-0.4, -0.2) is 52.2 Å². The Bertz CT molecular complexity index is 1250. The summed E-state index contributed by atoms with van der Waals surface area (Å²) >= 11 is 0. The van der Waals surface area contributed by atoms with E-state index in [1.54, 1.807) is 6.92 Å². The quantitative estimate of drug-likeness (QED) is 0.325. The number of hydrogen-bond acceptors (Lipinski definition) is 5. The number of rotatable bonds is 4. The Morgan fingerprint density at radius 1 is 0.750 bits per heavy atom. The van der Waals surface area contributed by atoms with E-state index < -0.39 is 18.2 Å². The van der Waals surface area contributed by atoms with Crippen LogP contribution >= 0.6 is 0 Å². The zero-order valence-corrected chi connectivity index (χ0v) is 28.1. The number of allylic oxidation sites excluding steroid dienone is 1. The van der Waals surface area contributed by atoms with Crippen molar-refractivity contribution in [3.8, 4) is 0 Å². The van der Waals surface area contributed by atoms with Gasteiger partial charge in [0.15, 0.2) is 0 Å². The van der Waals surface area contributed by atoms with Crippen LogP contribution in [0, 0.1) is 0 Å². The first-order chi connectivity index (χ1) is 20.9. The molecule has 2 aliphatic heterocycles. The number of nitrogens with zero attached hydrogens (tertiary/aromatic N) is 2. The van der Waals surface area contributed by atoms with Crippen molar-refractivity contribution in [2.45, 2.75) is 106 Å². The summed E-state index contributed by atoms with van der Waals surface area (Å²) in [6.45, 7) is 21.0. The third-order valence-electron chi connectivity index (χ3n) is 6.50. The van der Waals surface area contributed by atoms with Crippen LogP contribution < -0.4 is 16.0 Å². The maximum atomic E-state index is 12.4. The number of benzene rings is 2. The molecule has 2 heterocycles. The predicted octanol–water partition coefficient (Wildman–Crippen LogP) is 7.90. The van der Waals surface area contributed by atoms with Gasteiger partial charge in [-0.3, -0.25) is 0 Å². The number of carbonyl (C=O) groups is 4. The van der Waals surface area contributed by atoms with E-state index in [1.165, 1.54) is 4.90 Å². The molecule has 3 atom stereocenters. The average Bonchev–Trinajstić information content (AvgIpc) is 3.30. The molecule has 0 saturated carbocycles. The minimum atomic E-state index is -0.598. The smallest absolute Gasteiger partial charge is 0.419 e. The standard InChI is InChI=1S/C16H21N3O2.C14H18N2O3.2C2H6/c1-10(2)17-15(20)19-14(13-8-6-5-7-9-13)11(3)12(4)18-16(19)21;1-9(2)15-13(17)16-12(10(3)19-14(16)18)11-7-5-4-6-8-11;2*1-2/h5-10,14H,1-4H3,(H,17,20)(H,18,21);4-10,12H,1-3H3,(H,15,17);2*1-2H3/t14-;10?,12-;;/m11../s1. The topological polar surface area (TPSA) is 120 Å². The fourth-order valence-electron chi connectivity index (χ4n) is 4.60. The number of urea groups is 3. The van der Waals surface area contributed by atoms with E-state index in [0.717, 1.165) is 27.3 Å². The summed E-state index contributed by atoms with van der Waals surface area (Å²) in [5.74, 6) is 0. The van der Waals surface area contributed by atoms with Crippen molar-refractivity contribution in [1.29, 1.82) is 0 Å². The summed E-state index contributed by atoms with van der Waals surface area (Å²) in [5, 5.41) is 8.24. The number of amides is 7. The normalized spacial score (nSPS) is 19.0. The summed E-state index contributed by atoms with van der Waals surface area (Å²) in [7, 11) is 0. The van der Waals surface area contributed by atoms with Crippen molar-refractivity contribution in [3.05, 3.63) is 83.1 Å². The summed E-state index contributed by atoms with van der Waals surface area (Å²) in [6.07, 6.45) is -0.952. The minimum Gasteiger partial charge on any atom is -0.443 e. The van der Waals surface area contributed by atoms with Gasteiger partial charge in [0.25, 0.3) is 0 Å². The van der Waals surface area contributed by atoms with Crippen LogP contribution in [0.3, 0.4) is 0 Å². The first-order valence-electron chi connectivity index (χ1n) is 15.4. The molecule has 0 aliphatic carbocycles. The van der Waals surface area contributed by atoms with E-state index in [0.29, 0.717) is 0 Å². The molecule has 44 heavy (non-hydrogen) atoms. The van der Waals surface area contributed by atoms with Crippen LogP contribution in [-0.2, 0) is 4.74 Å². The highest BCUT2D eigenvalue weighted by atomic mass is 16.6. The van der Waals surface area contributed by atoms with Gasteiger partial charge in [-0.1, -0.05) is 88.4 Å². The Hall–Kier alpha value is -4.34. The van der Waals surface area contributed by atoms with Crippen LogP contribution in [0.25, 0.3) is 0 Å². The second-order valence-corrected chi connectivity index (χ2v) is 10.4. The first kappa shape index (κ1) is 37.7. The molecule has 242 valence electrons. The van der Waals surface area contributed by atoms with Crippen molar-refractivity contribution in [1.82, 2.24) is 25.8 Å². The van der Waals surface area contributed by atoms with Crippen molar-refractivity contribution in [2.24, 2.45) is 0 Å². The van der Waals surface area contributed by atoms with Crippen LogP contribution in [0.1, 0.15) is 99.4 Å². The number of hydrogen-bond donors (Lipinski definition) is 3. The molecule has 2 aromatic carbocycles. The lowest BCUT2D eigenvalue weighted by molar-refractivity contribution is 0.137. The highest BCUT2D eigenvalue weighted by molar-refractivity contribution is 5.96. The Balaban J connectivity index is 0.000000397. The third kappa shape index (κ3) is 9.86. The molecule has 0 radical (unpaired) electrons. The molecule has 1 unspecified atom stereocenters. The number of imide groups is 2. The van der Waals surface area contributed by atoms with E-state index in [1.807, 2.05) is 130 Å². The monoisotopic (exact) mass is 609 g/mol. The number of nitrogens with one attached hydrogen (secondary N) is 3. The molecule has 10 nitrogen and oxygen atoms in total. The molecule has 2 aromatic rings. The van der Waals surface area contributed by atoms with Crippen molar-refractivity contribution < 1.29 is 23.9 Å². The SMILES string of the molecule is CC.CC.CC(C)NC(=O)N1C(=O)OC(C)[C@@H]1c1ccccc1.CC1=C(C)[C@H](c2ccccc2)N(C(=O)NC(C)C)C(=O)N1. The van der Waals surface area contributed by atoms with Gasteiger partial charge < -0.3 is 20.7 Å². The van der Waals surface area contributed by atoms with Gasteiger partial charge in [-0.25, -0.2) is 29.0 Å². The molecule has 10 heteroatoms. The third-order valence-corrected chi connectivity index (χ3v) is 6.50. The molecule has 0 bridgehead atoms. The number of carbonyl (C=O) groups excluding carboxylic acids is 4. The van der Waals surface area contributed by atoms with Gasteiger partial charge in [-0.15, -0.1) is 0 Å². The van der Waals surface area contributed by atoms with Gasteiger partial charge >= 0.3 is 24.2 Å². The number of cyclic esters (lactones) is 1. The summed E-state index contributed by atoms with van der Waals surface area (Å²) in [4.78, 5) is 51.0. The van der Waals surface area contributed by atoms with E-state index in [2.05, 4.69) is 16.0 Å². The van der Waals surface area contributed by atoms with E-state index >= 15 is 0 Å². The summed E-state index contributed by atoms with van der Waals surface area (Å²) in [6, 6.07) is 17.0. The molecule has 4 rings (SSSR count). The van der Waals surface area contributed by atoms with Crippen molar-refractivity contribution in [2.75, 3.05) is 0 Å². The van der Waals surface area contributed by atoms with Gasteiger partial charge in [0.2, 0.25) is 0 Å². The van der Waals surface area contributed by atoms with Gasteiger partial charge in [-0.05, 0) is 65.2 Å². The zero-order chi connectivity index (χ0) is 33.6. The second kappa shape index (κ2) is 18.4. The molecule has 1 saturated heterocycles.